The summed E-state index contributed by atoms with van der Waals surface area (Å²) in [5.41, 5.74) is 0. The van der Waals surface area contributed by atoms with Crippen LogP contribution < -0.4 is 0 Å². The second kappa shape index (κ2) is 1.61. The Morgan fingerprint density at radius 3 is 1.20 bits per heavy atom. The molecule has 0 fully saturated rings. The van der Waals surface area contributed by atoms with E-state index in [1.165, 1.54) is 0 Å². The van der Waals surface area contributed by atoms with Gasteiger partial charge in [-0.05, 0) is 0 Å². The quantitative estimate of drug-likeness (QED) is 0.364. The molecule has 0 radical (unpaired) electrons. The van der Waals surface area contributed by atoms with Crippen LogP contribution in [0.5, 0.6) is 0 Å². The van der Waals surface area contributed by atoms with Crippen molar-refractivity contribution in [2.24, 2.45) is 0 Å². The van der Waals surface area contributed by atoms with Gasteiger partial charge in [0.05, 0.1) is 0 Å². The minimum absolute atomic E-state index is 1.08. The van der Waals surface area contributed by atoms with E-state index in [1.54, 1.807) is 0 Å². The van der Waals surface area contributed by atoms with E-state index in [4.69, 9.17) is 0 Å². The van der Waals surface area contributed by atoms with Crippen molar-refractivity contribution in [3.8, 4) is 0 Å². The molecule has 1 unspecified atom stereocenters. The first-order valence-electron chi connectivity index (χ1n) is 1.79. The van der Waals surface area contributed by atoms with E-state index >= 15 is 0 Å². The van der Waals surface area contributed by atoms with Gasteiger partial charge in [0.2, 0.25) is 0 Å². The van der Waals surface area contributed by atoms with Crippen LogP contribution in [0.4, 0.5) is 0 Å². The van der Waals surface area contributed by atoms with Crippen molar-refractivity contribution >= 4 is 20.7 Å². The predicted molar refractivity (Wildman–Crippen MR) is 33.1 cm³/mol. The summed E-state index contributed by atoms with van der Waals surface area (Å²) in [6, 6.07) is 0. The zero-order valence-corrected chi connectivity index (χ0v) is 7.33. The summed E-state index contributed by atoms with van der Waals surface area (Å²) in [6.07, 6.45) is 0. The predicted octanol–water partition coefficient (Wildman–Crippen LogP) is 1.70. The standard InChI is InChI=1S/C3H11GeP/c1-4(2,3)5/h5H2,1-3H3. The van der Waals surface area contributed by atoms with Gasteiger partial charge in [0, 0.05) is 0 Å². The SMILES string of the molecule is [CH3][Ge]([CH3])([CH3])[PH2]. The molecule has 0 aliphatic rings. The molecular formula is C3H11GeP. The van der Waals surface area contributed by atoms with Crippen LogP contribution in [0, 0.1) is 0 Å². The van der Waals surface area contributed by atoms with Crippen LogP contribution in [-0.4, -0.2) is 12.8 Å². The van der Waals surface area contributed by atoms with Gasteiger partial charge in [-0.3, -0.25) is 0 Å². The third kappa shape index (κ3) is 46.4. The molecule has 0 bridgehead atoms. The van der Waals surface area contributed by atoms with Gasteiger partial charge in [0.1, 0.15) is 0 Å². The Hall–Kier alpha value is 0.973. The van der Waals surface area contributed by atoms with E-state index < -0.39 is 12.8 Å². The van der Waals surface area contributed by atoms with E-state index in [-0.39, 0.29) is 0 Å². The van der Waals surface area contributed by atoms with E-state index in [9.17, 15) is 0 Å². The summed E-state index contributed by atoms with van der Waals surface area (Å²) >= 11 is -1.08. The summed E-state index contributed by atoms with van der Waals surface area (Å²) in [4.78, 5) is 0. The average molecular weight is 151 g/mol. The zero-order chi connectivity index (χ0) is 4.50. The molecule has 0 saturated heterocycles. The Balaban J connectivity index is 3.02. The fraction of sp³-hybridized carbons (Fsp3) is 1.00. The van der Waals surface area contributed by atoms with Crippen LogP contribution in [0.1, 0.15) is 0 Å². The van der Waals surface area contributed by atoms with Crippen LogP contribution >= 0.6 is 7.85 Å². The molecule has 5 heavy (non-hydrogen) atoms. The van der Waals surface area contributed by atoms with Gasteiger partial charge in [-0.2, -0.15) is 0 Å². The van der Waals surface area contributed by atoms with Gasteiger partial charge in [-0.1, -0.05) is 0 Å². The summed E-state index contributed by atoms with van der Waals surface area (Å²) in [6.45, 7) is 0. The van der Waals surface area contributed by atoms with Crippen LogP contribution in [0.3, 0.4) is 0 Å². The maximum absolute atomic E-state index is 2.90. The molecule has 0 spiro atoms. The molecule has 0 aromatic rings. The van der Waals surface area contributed by atoms with Gasteiger partial charge < -0.3 is 0 Å². The van der Waals surface area contributed by atoms with Crippen LogP contribution in [0.2, 0.25) is 17.3 Å². The third-order valence-corrected chi connectivity index (χ3v) is 0. The Labute approximate surface area is 38.5 Å². The monoisotopic (exact) mass is 152 g/mol. The Bertz CT molecular complexity index is 22.4. The fourth-order valence-electron chi connectivity index (χ4n) is 0. The number of rotatable bonds is 0. The van der Waals surface area contributed by atoms with Crippen LogP contribution in [-0.2, 0) is 0 Å². The first-order chi connectivity index (χ1) is 2.00. The second-order valence-electron chi connectivity index (χ2n) is 2.37. The van der Waals surface area contributed by atoms with Crippen molar-refractivity contribution in [3.63, 3.8) is 0 Å². The molecule has 0 aromatic carbocycles. The number of hydrogen-bond donors (Lipinski definition) is 0. The van der Waals surface area contributed by atoms with Crippen LogP contribution in [0.25, 0.3) is 0 Å². The Morgan fingerprint density at radius 2 is 1.20 bits per heavy atom. The normalized spacial score (nSPS) is 12.0. The second-order valence-corrected chi connectivity index (χ2v) is 21.3. The fourth-order valence-corrected chi connectivity index (χ4v) is 0. The van der Waals surface area contributed by atoms with Crippen LogP contribution in [0.15, 0.2) is 0 Å². The molecular weight excluding hydrogens is 140 g/mol. The van der Waals surface area contributed by atoms with Gasteiger partial charge in [0.25, 0.3) is 0 Å². The van der Waals surface area contributed by atoms with Crippen molar-refractivity contribution in [2.45, 2.75) is 17.3 Å². The third-order valence-electron chi connectivity index (χ3n) is 0. The molecule has 0 aliphatic heterocycles. The van der Waals surface area contributed by atoms with Crippen molar-refractivity contribution in [1.82, 2.24) is 0 Å². The van der Waals surface area contributed by atoms with E-state index in [0.29, 0.717) is 0 Å². The van der Waals surface area contributed by atoms with Crippen molar-refractivity contribution in [3.05, 3.63) is 0 Å². The summed E-state index contributed by atoms with van der Waals surface area (Å²) < 4.78 is 0. The maximum atomic E-state index is 2.90. The molecule has 0 rings (SSSR count). The summed E-state index contributed by atoms with van der Waals surface area (Å²) in [5, 5.41) is 0. The van der Waals surface area contributed by atoms with Crippen molar-refractivity contribution in [1.29, 1.82) is 0 Å². The molecule has 32 valence electrons. The van der Waals surface area contributed by atoms with Gasteiger partial charge in [0.15, 0.2) is 0 Å². The molecule has 0 heterocycles. The van der Waals surface area contributed by atoms with E-state index in [2.05, 4.69) is 25.1 Å². The topological polar surface area (TPSA) is 0 Å². The molecule has 0 aliphatic carbocycles. The summed E-state index contributed by atoms with van der Waals surface area (Å²) in [5.74, 6) is 7.01. The van der Waals surface area contributed by atoms with E-state index in [0.717, 1.165) is 0 Å². The first kappa shape index (κ1) is 5.97. The first-order valence-corrected chi connectivity index (χ1v) is 12.3. The van der Waals surface area contributed by atoms with Crippen molar-refractivity contribution in [2.75, 3.05) is 0 Å². The molecule has 0 aromatic heterocycles. The number of hydrogen-bond acceptors (Lipinski definition) is 0. The van der Waals surface area contributed by atoms with Gasteiger partial charge in [-0.15, -0.1) is 0 Å². The minimum atomic E-state index is -1.08. The molecule has 0 amide bonds. The summed E-state index contributed by atoms with van der Waals surface area (Å²) in [7, 11) is 2.90. The van der Waals surface area contributed by atoms with Crippen molar-refractivity contribution < 1.29 is 0 Å². The zero-order valence-electron chi connectivity index (χ0n) is 4.08. The average Bonchev–Trinajstić information content (AvgIpc) is 0.722. The molecule has 1 atom stereocenters. The molecule has 0 saturated carbocycles. The van der Waals surface area contributed by atoms with E-state index in [1.807, 2.05) is 0 Å². The molecule has 2 heteroatoms. The molecule has 0 N–H and O–H groups in total. The van der Waals surface area contributed by atoms with Gasteiger partial charge >= 0.3 is 37.9 Å². The van der Waals surface area contributed by atoms with Gasteiger partial charge in [-0.25, -0.2) is 0 Å². The Kier molecular flexibility index (Phi) is 1.93. The molecule has 0 nitrogen and oxygen atoms in total. The Morgan fingerprint density at radius 1 is 1.20 bits per heavy atom.